The van der Waals surface area contributed by atoms with Crippen LogP contribution < -0.4 is 9.47 Å². The van der Waals surface area contributed by atoms with Crippen molar-refractivity contribution in [1.29, 1.82) is 0 Å². The van der Waals surface area contributed by atoms with Crippen molar-refractivity contribution in [2.75, 3.05) is 20.7 Å². The standard InChI is InChI=1S/C18H19NO3.C7H5IO4/c1-19-8-7-18-11-4-5-13(20)17(18)22-16-14(21-2)6-3-10(15(16)18)9-12(11)19;9-7(10)5-3-1-2-4-6(5)8(11)12/h3-6,11-12,17H,7-9H2,1-2H3;1-4H,(H,9,10)/t11-,12+,17-,18-;/m0./s1. The molecule has 4 atom stereocenters. The lowest BCUT2D eigenvalue weighted by Crippen LogP contribution is -2.64. The van der Waals surface area contributed by atoms with E-state index >= 15 is 0 Å². The third-order valence-corrected chi connectivity index (χ3v) is 9.37. The van der Waals surface area contributed by atoms with Gasteiger partial charge in [-0.15, -0.1) is 0 Å². The molecule has 0 radical (unpaired) electrons. The number of benzene rings is 2. The first-order valence-electron chi connectivity index (χ1n) is 11.0. The number of likely N-dealkylation sites (N-methyl/N-ethyl adjacent to an activating group) is 1. The van der Waals surface area contributed by atoms with Crippen LogP contribution in [-0.2, 0) is 22.8 Å². The molecule has 2 aliphatic heterocycles. The minimum absolute atomic E-state index is 0.0609. The van der Waals surface area contributed by atoms with Crippen LogP contribution in [-0.4, -0.2) is 54.6 Å². The Morgan fingerprint density at radius 3 is 2.68 bits per heavy atom. The summed E-state index contributed by atoms with van der Waals surface area (Å²) < 4.78 is 32.8. The molecule has 0 amide bonds. The van der Waals surface area contributed by atoms with E-state index < -0.39 is 25.8 Å². The number of carbonyl (C=O) groups excluding carboxylic acids is 1. The largest absolute Gasteiger partial charge is 0.493 e. The molecule has 2 aromatic carbocycles. The summed E-state index contributed by atoms with van der Waals surface area (Å²) in [5.74, 6) is 0.821. The molecule has 9 heteroatoms. The maximum absolute atomic E-state index is 12.5. The number of carboxylic acids is 1. The summed E-state index contributed by atoms with van der Waals surface area (Å²) >= 11 is -3.67. The summed E-state index contributed by atoms with van der Waals surface area (Å²) in [4.78, 5) is 25.5. The summed E-state index contributed by atoms with van der Waals surface area (Å²) in [6, 6.07) is 10.2. The lowest BCUT2D eigenvalue weighted by atomic mass is 9.53. The van der Waals surface area contributed by atoms with Crippen LogP contribution in [0.5, 0.6) is 11.5 Å². The first-order chi connectivity index (χ1) is 16.3. The van der Waals surface area contributed by atoms with Crippen molar-refractivity contribution in [1.82, 2.24) is 4.90 Å². The van der Waals surface area contributed by atoms with Crippen LogP contribution in [0, 0.1) is 9.49 Å². The smallest absolute Gasteiger partial charge is 0.341 e. The number of halogens is 1. The molecule has 4 aliphatic rings. The van der Waals surface area contributed by atoms with Gasteiger partial charge in [-0.25, -0.2) is 10.9 Å². The second kappa shape index (κ2) is 8.46. The highest BCUT2D eigenvalue weighted by Crippen LogP contribution is 2.61. The fourth-order valence-corrected chi connectivity index (χ4v) is 7.39. The number of ketones is 1. The lowest BCUT2D eigenvalue weighted by Gasteiger charge is -2.55. The molecule has 1 spiro atoms. The number of carboxylic acid groups (broad SMARTS) is 1. The van der Waals surface area contributed by atoms with Crippen LogP contribution in [0.4, 0.5) is 0 Å². The molecule has 178 valence electrons. The first-order valence-corrected chi connectivity index (χ1v) is 13.8. The van der Waals surface area contributed by atoms with Crippen molar-refractivity contribution in [2.24, 2.45) is 5.92 Å². The van der Waals surface area contributed by atoms with Crippen LogP contribution in [0.2, 0.25) is 0 Å². The predicted molar refractivity (Wildman–Crippen MR) is 129 cm³/mol. The molecule has 2 aliphatic carbocycles. The number of aromatic carboxylic acids is 1. The Hall–Kier alpha value is -2.79. The molecule has 0 aromatic heterocycles. The molecule has 34 heavy (non-hydrogen) atoms. The summed E-state index contributed by atoms with van der Waals surface area (Å²) in [6.45, 7) is 1.01. The Bertz CT molecular complexity index is 1290. The molecular formula is C25H24INO7. The molecule has 1 fully saturated rings. The van der Waals surface area contributed by atoms with Gasteiger partial charge in [0.2, 0.25) is 0 Å². The van der Waals surface area contributed by atoms with Gasteiger partial charge in [-0.1, -0.05) is 24.3 Å². The summed E-state index contributed by atoms with van der Waals surface area (Å²) in [5, 5.41) is 8.56. The van der Waals surface area contributed by atoms with E-state index in [1.54, 1.807) is 13.2 Å². The zero-order chi connectivity index (χ0) is 24.2. The molecule has 0 unspecified atom stereocenters. The van der Waals surface area contributed by atoms with Crippen molar-refractivity contribution in [3.63, 3.8) is 0 Å². The van der Waals surface area contributed by atoms with E-state index in [1.165, 1.54) is 35.4 Å². The maximum Gasteiger partial charge on any atom is 0.341 e. The fourth-order valence-electron chi connectivity index (χ4n) is 6.00. The van der Waals surface area contributed by atoms with Gasteiger partial charge in [-0.3, -0.25) is 4.79 Å². The van der Waals surface area contributed by atoms with E-state index in [9.17, 15) is 15.7 Å². The average Bonchev–Trinajstić information content (AvgIpc) is 3.18. The second-order valence-electron chi connectivity index (χ2n) is 8.96. The van der Waals surface area contributed by atoms with Crippen molar-refractivity contribution >= 4 is 31.5 Å². The normalized spacial score (nSPS) is 28.0. The molecule has 1 N–H and O–H groups in total. The lowest BCUT2D eigenvalue weighted by molar-refractivity contribution is -0.127. The van der Waals surface area contributed by atoms with Gasteiger partial charge in [-0.2, -0.15) is 0 Å². The molecule has 0 saturated carbocycles. The Morgan fingerprint density at radius 1 is 1.24 bits per heavy atom. The van der Waals surface area contributed by atoms with E-state index in [0.29, 0.717) is 12.0 Å². The first kappa shape index (κ1) is 23.0. The second-order valence-corrected chi connectivity index (χ2v) is 11.4. The van der Waals surface area contributed by atoms with Crippen molar-refractivity contribution in [3.8, 4) is 11.5 Å². The molecule has 8 nitrogen and oxygen atoms in total. The molecule has 1 saturated heterocycles. The molecule has 2 heterocycles. The van der Waals surface area contributed by atoms with Crippen molar-refractivity contribution in [3.05, 3.63) is 68.8 Å². The topological polar surface area (TPSA) is 110 Å². The molecular weight excluding hydrogens is 553 g/mol. The Morgan fingerprint density at radius 2 is 2.00 bits per heavy atom. The van der Waals surface area contributed by atoms with E-state index in [2.05, 4.69) is 24.1 Å². The highest BCUT2D eigenvalue weighted by atomic mass is 127. The number of rotatable bonds is 3. The Kier molecular flexibility index (Phi) is 5.71. The van der Waals surface area contributed by atoms with E-state index in [0.717, 1.165) is 30.9 Å². The zero-order valence-electron chi connectivity index (χ0n) is 18.7. The van der Waals surface area contributed by atoms with Crippen molar-refractivity contribution in [2.45, 2.75) is 30.4 Å². The Balaban J connectivity index is 0.000000172. The van der Waals surface area contributed by atoms with Gasteiger partial charge in [-0.05, 0) is 56.3 Å². The minimum Gasteiger partial charge on any atom is -0.493 e. The van der Waals surface area contributed by atoms with Gasteiger partial charge in [0.15, 0.2) is 23.4 Å². The summed E-state index contributed by atoms with van der Waals surface area (Å²) in [7, 11) is 3.86. The number of hydrogen-bond acceptors (Lipinski definition) is 7. The number of nitrogens with zero attached hydrogens (tertiary/aromatic N) is 1. The summed E-state index contributed by atoms with van der Waals surface area (Å²) in [5.41, 5.74) is 2.26. The zero-order valence-corrected chi connectivity index (χ0v) is 20.9. The van der Waals surface area contributed by atoms with Gasteiger partial charge in [0.25, 0.3) is 0 Å². The van der Waals surface area contributed by atoms with Gasteiger partial charge in [0, 0.05) is 17.5 Å². The third-order valence-electron chi connectivity index (χ3n) is 7.48. The highest BCUT2D eigenvalue weighted by molar-refractivity contribution is 14.2. The predicted octanol–water partition coefficient (Wildman–Crippen LogP) is 3.46. The third kappa shape index (κ3) is 3.28. The number of hydrogen-bond donors (Lipinski definition) is 1. The molecule has 6 rings (SSSR count). The van der Waals surface area contributed by atoms with E-state index in [-0.39, 0.29) is 26.4 Å². The number of piperidine rings is 1. The van der Waals surface area contributed by atoms with Gasteiger partial charge in [0.05, 0.1) is 21.7 Å². The minimum atomic E-state index is -3.67. The number of likely N-dealkylation sites (tertiary alicyclic amines) is 1. The van der Waals surface area contributed by atoms with Crippen molar-refractivity contribution < 1.29 is 30.3 Å². The van der Waals surface area contributed by atoms with Gasteiger partial charge >= 0.3 is 25.8 Å². The van der Waals surface area contributed by atoms with E-state index in [1.807, 2.05) is 6.07 Å². The monoisotopic (exact) mass is 577 g/mol. The van der Waals surface area contributed by atoms with Crippen LogP contribution in [0.25, 0.3) is 0 Å². The molecule has 2 aromatic rings. The van der Waals surface area contributed by atoms with Crippen LogP contribution in [0.15, 0.2) is 48.6 Å². The van der Waals surface area contributed by atoms with Crippen LogP contribution in [0.1, 0.15) is 27.9 Å². The van der Waals surface area contributed by atoms with Gasteiger partial charge in [0.1, 0.15) is 0 Å². The number of carbonyl (C=O) groups is 2. The SMILES string of the molecule is COc1ccc2c3c1O[C@H]1C(=O)C=C[C@H]4[C@@H](C2)N(C)CC[C@]314.O=C(O)c1ccccc1I(=O)=O. The summed E-state index contributed by atoms with van der Waals surface area (Å²) in [6.07, 6.45) is 5.50. The van der Waals surface area contributed by atoms with E-state index in [4.69, 9.17) is 14.6 Å². The number of methoxy groups -OCH3 is 1. The Labute approximate surface area is 203 Å². The average molecular weight is 577 g/mol. The van der Waals surface area contributed by atoms with Gasteiger partial charge < -0.3 is 19.5 Å². The van der Waals surface area contributed by atoms with Crippen LogP contribution >= 0.6 is 19.8 Å². The quantitative estimate of drug-likeness (QED) is 0.553. The maximum atomic E-state index is 12.5. The fraction of sp³-hybridized carbons (Fsp3) is 0.360. The molecule has 2 bridgehead atoms. The number of ether oxygens (including phenoxy) is 2. The van der Waals surface area contributed by atoms with Crippen LogP contribution in [0.3, 0.4) is 0 Å². The highest BCUT2D eigenvalue weighted by Gasteiger charge is 2.64.